The van der Waals surface area contributed by atoms with Crippen LogP contribution in [0.1, 0.15) is 12.5 Å². The molecule has 0 heterocycles. The maximum atomic E-state index is 12.8. The molecule has 4 heteroatoms. The van der Waals surface area contributed by atoms with Crippen molar-refractivity contribution in [2.45, 2.75) is 12.3 Å². The van der Waals surface area contributed by atoms with Crippen LogP contribution in [0.3, 0.4) is 0 Å². The van der Waals surface area contributed by atoms with Crippen LogP contribution in [0.15, 0.2) is 30.3 Å². The zero-order valence-electron chi connectivity index (χ0n) is 7.94. The van der Waals surface area contributed by atoms with Crippen molar-refractivity contribution >= 4 is 0 Å². The van der Waals surface area contributed by atoms with Crippen LogP contribution in [-0.4, -0.2) is 18.1 Å². The highest BCUT2D eigenvalue weighted by molar-refractivity contribution is 5.24. The van der Waals surface area contributed by atoms with E-state index in [2.05, 4.69) is 0 Å². The lowest BCUT2D eigenvalue weighted by Gasteiger charge is -2.21. The van der Waals surface area contributed by atoms with Crippen LogP contribution in [0.5, 0.6) is 0 Å². The summed E-state index contributed by atoms with van der Waals surface area (Å²) in [5, 5.41) is 10.4. The minimum atomic E-state index is -1.01. The van der Waals surface area contributed by atoms with E-state index in [4.69, 9.17) is 0 Å². The van der Waals surface area contributed by atoms with Gasteiger partial charge in [0.25, 0.3) is 0 Å². The van der Waals surface area contributed by atoms with Gasteiger partial charge < -0.3 is 0 Å². The molecule has 1 unspecified atom stereocenters. The van der Waals surface area contributed by atoms with Gasteiger partial charge in [-0.3, -0.25) is 10.1 Å². The van der Waals surface area contributed by atoms with Crippen molar-refractivity contribution in [3.63, 3.8) is 0 Å². The average Bonchev–Trinajstić information content (AvgIpc) is 2.18. The van der Waals surface area contributed by atoms with E-state index in [0.717, 1.165) is 0 Å². The van der Waals surface area contributed by atoms with Gasteiger partial charge in [-0.05, 0) is 12.5 Å². The fourth-order valence-electron chi connectivity index (χ4n) is 1.34. The molecule has 0 aliphatic rings. The van der Waals surface area contributed by atoms with Gasteiger partial charge in [0.2, 0.25) is 6.54 Å². The fraction of sp³-hybridized carbons (Fsp3) is 0.400. The molecule has 0 radical (unpaired) electrons. The third-order valence-electron chi connectivity index (χ3n) is 2.24. The van der Waals surface area contributed by atoms with Crippen molar-refractivity contribution in [2.24, 2.45) is 0 Å². The molecule has 0 aliphatic heterocycles. The molecule has 0 amide bonds. The summed E-state index contributed by atoms with van der Waals surface area (Å²) in [4.78, 5) is 9.91. The van der Waals surface area contributed by atoms with E-state index >= 15 is 0 Å². The second-order valence-corrected chi connectivity index (χ2v) is 3.55. The zero-order chi connectivity index (χ0) is 10.6. The SMILES string of the molecule is CC(CF)(C[N+](=O)[O-])c1ccccc1. The normalized spacial score (nSPS) is 14.7. The van der Waals surface area contributed by atoms with Crippen molar-refractivity contribution in [1.82, 2.24) is 0 Å². The van der Waals surface area contributed by atoms with Gasteiger partial charge in [-0.25, -0.2) is 4.39 Å². The van der Waals surface area contributed by atoms with E-state index in [1.807, 2.05) is 0 Å². The topological polar surface area (TPSA) is 43.1 Å². The molecule has 0 fully saturated rings. The Hall–Kier alpha value is -1.45. The largest absolute Gasteiger partial charge is 0.265 e. The van der Waals surface area contributed by atoms with Crippen LogP contribution in [0.4, 0.5) is 4.39 Å². The molecule has 0 aliphatic carbocycles. The lowest BCUT2D eigenvalue weighted by molar-refractivity contribution is -0.490. The summed E-state index contributed by atoms with van der Waals surface area (Å²) in [6.45, 7) is 0.455. The number of rotatable bonds is 4. The molecule has 1 rings (SSSR count). The fourth-order valence-corrected chi connectivity index (χ4v) is 1.34. The lowest BCUT2D eigenvalue weighted by Crippen LogP contribution is -2.33. The number of hydrogen-bond acceptors (Lipinski definition) is 2. The van der Waals surface area contributed by atoms with Gasteiger partial charge >= 0.3 is 0 Å². The number of benzene rings is 1. The van der Waals surface area contributed by atoms with Gasteiger partial charge in [-0.15, -0.1) is 0 Å². The smallest absolute Gasteiger partial charge is 0.215 e. The van der Waals surface area contributed by atoms with E-state index in [9.17, 15) is 14.5 Å². The van der Waals surface area contributed by atoms with Gasteiger partial charge in [-0.2, -0.15) is 0 Å². The number of halogens is 1. The molecule has 1 aromatic carbocycles. The maximum absolute atomic E-state index is 12.8. The molecule has 0 aromatic heterocycles. The predicted molar refractivity (Wildman–Crippen MR) is 51.6 cm³/mol. The Morgan fingerprint density at radius 2 is 2.00 bits per heavy atom. The highest BCUT2D eigenvalue weighted by Crippen LogP contribution is 2.24. The molecular formula is C10H12FNO2. The summed E-state index contributed by atoms with van der Waals surface area (Å²) >= 11 is 0. The molecule has 1 aromatic rings. The van der Waals surface area contributed by atoms with Gasteiger partial charge in [0.05, 0.1) is 5.41 Å². The molecular weight excluding hydrogens is 185 g/mol. The van der Waals surface area contributed by atoms with E-state index in [0.29, 0.717) is 5.56 Å². The van der Waals surface area contributed by atoms with Crippen LogP contribution in [-0.2, 0) is 5.41 Å². The quantitative estimate of drug-likeness (QED) is 0.548. The second-order valence-electron chi connectivity index (χ2n) is 3.55. The first-order valence-corrected chi connectivity index (χ1v) is 4.32. The summed E-state index contributed by atoms with van der Waals surface area (Å²) in [5.74, 6) is 0. The van der Waals surface area contributed by atoms with E-state index in [1.54, 1.807) is 37.3 Å². The second kappa shape index (κ2) is 4.17. The van der Waals surface area contributed by atoms with Gasteiger partial charge in [0.1, 0.15) is 6.67 Å². The Bertz CT molecular complexity index is 315. The van der Waals surface area contributed by atoms with Crippen molar-refractivity contribution in [1.29, 1.82) is 0 Å². The summed E-state index contributed by atoms with van der Waals surface area (Å²) in [6, 6.07) is 8.73. The number of nitrogens with zero attached hydrogens (tertiary/aromatic N) is 1. The lowest BCUT2D eigenvalue weighted by atomic mass is 9.84. The summed E-state index contributed by atoms with van der Waals surface area (Å²) in [7, 11) is 0. The number of hydrogen-bond donors (Lipinski definition) is 0. The highest BCUT2D eigenvalue weighted by atomic mass is 19.1. The minimum Gasteiger partial charge on any atom is -0.265 e. The average molecular weight is 197 g/mol. The molecule has 0 spiro atoms. The standard InChI is InChI=1S/C10H12FNO2/c1-10(7-11,8-12(13)14)9-5-3-2-4-6-9/h2-6H,7-8H2,1H3. The molecule has 14 heavy (non-hydrogen) atoms. The molecule has 76 valence electrons. The monoisotopic (exact) mass is 197 g/mol. The van der Waals surface area contributed by atoms with E-state index in [1.165, 1.54) is 0 Å². The van der Waals surface area contributed by atoms with Crippen LogP contribution < -0.4 is 0 Å². The predicted octanol–water partition coefficient (Wildman–Crippen LogP) is 2.19. The number of nitro groups is 1. The molecule has 0 saturated heterocycles. The Morgan fingerprint density at radius 1 is 1.43 bits per heavy atom. The molecule has 0 bridgehead atoms. The molecule has 0 N–H and O–H groups in total. The summed E-state index contributed by atoms with van der Waals surface area (Å²) in [5.41, 5.74) is -0.343. The van der Waals surface area contributed by atoms with Crippen LogP contribution in [0.25, 0.3) is 0 Å². The first-order valence-electron chi connectivity index (χ1n) is 4.32. The van der Waals surface area contributed by atoms with Crippen molar-refractivity contribution in [2.75, 3.05) is 13.2 Å². The Kier molecular flexibility index (Phi) is 3.17. The molecule has 0 saturated carbocycles. The maximum Gasteiger partial charge on any atom is 0.215 e. The van der Waals surface area contributed by atoms with Crippen molar-refractivity contribution < 1.29 is 9.31 Å². The third-order valence-corrected chi connectivity index (χ3v) is 2.24. The van der Waals surface area contributed by atoms with Crippen molar-refractivity contribution in [3.05, 3.63) is 46.0 Å². The van der Waals surface area contributed by atoms with E-state index in [-0.39, 0.29) is 6.54 Å². The minimum absolute atomic E-state index is 0.381. The first kappa shape index (κ1) is 10.6. The van der Waals surface area contributed by atoms with Gasteiger partial charge in [-0.1, -0.05) is 30.3 Å². The summed E-state index contributed by atoms with van der Waals surface area (Å²) < 4.78 is 12.8. The third kappa shape index (κ3) is 2.28. The van der Waals surface area contributed by atoms with Gasteiger partial charge in [0.15, 0.2) is 0 Å². The summed E-state index contributed by atoms with van der Waals surface area (Å²) in [6.07, 6.45) is 0. The first-order chi connectivity index (χ1) is 6.58. The Morgan fingerprint density at radius 3 is 2.43 bits per heavy atom. The van der Waals surface area contributed by atoms with Crippen LogP contribution in [0, 0.1) is 10.1 Å². The zero-order valence-corrected chi connectivity index (χ0v) is 7.94. The van der Waals surface area contributed by atoms with E-state index < -0.39 is 17.0 Å². The van der Waals surface area contributed by atoms with Crippen molar-refractivity contribution in [3.8, 4) is 0 Å². The molecule has 1 atom stereocenters. The highest BCUT2D eigenvalue weighted by Gasteiger charge is 2.32. The van der Waals surface area contributed by atoms with Crippen LogP contribution >= 0.6 is 0 Å². The van der Waals surface area contributed by atoms with Gasteiger partial charge in [0, 0.05) is 4.92 Å². The molecule has 3 nitrogen and oxygen atoms in total. The number of alkyl halides is 1. The Balaban J connectivity index is 2.95. The Labute approximate surface area is 81.7 Å². The van der Waals surface area contributed by atoms with Crippen LogP contribution in [0.2, 0.25) is 0 Å².